The van der Waals surface area contributed by atoms with Gasteiger partial charge in [0.15, 0.2) is 0 Å². The summed E-state index contributed by atoms with van der Waals surface area (Å²) in [6, 6.07) is 6.12. The third-order valence-corrected chi connectivity index (χ3v) is 9.33. The summed E-state index contributed by atoms with van der Waals surface area (Å²) in [7, 11) is 0. The average Bonchev–Trinajstić information content (AvgIpc) is 3.63. The number of likely N-dealkylation sites (tertiary alicyclic amines) is 1. The van der Waals surface area contributed by atoms with Gasteiger partial charge in [-0.3, -0.25) is 9.69 Å². The first-order valence-electron chi connectivity index (χ1n) is 13.4. The molecule has 1 aliphatic carbocycles. The van der Waals surface area contributed by atoms with Gasteiger partial charge in [0.05, 0.1) is 31.0 Å². The van der Waals surface area contributed by atoms with Gasteiger partial charge >= 0.3 is 0 Å². The number of rotatable bonds is 5. The van der Waals surface area contributed by atoms with Gasteiger partial charge in [-0.25, -0.2) is 4.98 Å². The van der Waals surface area contributed by atoms with Crippen LogP contribution in [0.25, 0.3) is 10.8 Å². The lowest BCUT2D eigenvalue weighted by molar-refractivity contribution is -0.118. The second kappa shape index (κ2) is 9.84. The number of pyridine rings is 1. The van der Waals surface area contributed by atoms with Crippen LogP contribution >= 0.6 is 11.6 Å². The van der Waals surface area contributed by atoms with Crippen LogP contribution in [0.2, 0.25) is 5.02 Å². The maximum atomic E-state index is 12.9. The summed E-state index contributed by atoms with van der Waals surface area (Å²) in [5.74, 6) is 1.38. The predicted octanol–water partition coefficient (Wildman–Crippen LogP) is 4.36. The number of nitrogens with one attached hydrogen (secondary N) is 1. The second-order valence-electron chi connectivity index (χ2n) is 11.3. The van der Waals surface area contributed by atoms with Crippen LogP contribution in [0.5, 0.6) is 0 Å². The van der Waals surface area contributed by atoms with Crippen LogP contribution in [0, 0.1) is 11.8 Å². The SMILES string of the molecule is C[C@@]1(N2CCC(c3cc4cc(NC(=O)[C@@H]5C[C@H]5C5CCCCO5)ncc4cc3Cl)CC2)COC[C@@H]1O. The smallest absolute Gasteiger partial charge is 0.229 e. The molecule has 4 fully saturated rings. The number of carbonyl (C=O) groups is 1. The molecule has 1 amide bonds. The minimum atomic E-state index is -0.444. The van der Waals surface area contributed by atoms with Crippen LogP contribution in [-0.4, -0.2) is 71.6 Å². The number of ether oxygens (including phenoxy) is 2. The lowest BCUT2D eigenvalue weighted by Gasteiger charge is -2.43. The highest BCUT2D eigenvalue weighted by molar-refractivity contribution is 6.32. The number of piperidine rings is 1. The number of fused-ring (bicyclic) bond motifs is 1. The van der Waals surface area contributed by atoms with Crippen LogP contribution in [0.15, 0.2) is 24.4 Å². The Hall–Kier alpha value is -1.77. The van der Waals surface area contributed by atoms with Gasteiger partial charge < -0.3 is 19.9 Å². The molecule has 2 N–H and O–H groups in total. The fourth-order valence-electron chi connectivity index (χ4n) is 6.47. The lowest BCUT2D eigenvalue weighted by Crippen LogP contribution is -2.56. The van der Waals surface area contributed by atoms with Gasteiger partial charge in [-0.15, -0.1) is 0 Å². The van der Waals surface area contributed by atoms with Crippen molar-refractivity contribution < 1.29 is 19.4 Å². The first-order chi connectivity index (χ1) is 17.4. The molecular weight excluding hydrogens is 478 g/mol. The van der Waals surface area contributed by atoms with Gasteiger partial charge in [-0.05, 0) is 99.5 Å². The van der Waals surface area contributed by atoms with E-state index in [2.05, 4.69) is 28.2 Å². The molecule has 8 heteroatoms. The largest absolute Gasteiger partial charge is 0.389 e. The second-order valence-corrected chi connectivity index (χ2v) is 11.7. The Labute approximate surface area is 217 Å². The summed E-state index contributed by atoms with van der Waals surface area (Å²) in [5.41, 5.74) is 0.845. The van der Waals surface area contributed by atoms with Crippen LogP contribution in [-0.2, 0) is 14.3 Å². The zero-order valence-corrected chi connectivity index (χ0v) is 21.7. The predicted molar refractivity (Wildman–Crippen MR) is 139 cm³/mol. The molecule has 1 aromatic carbocycles. The van der Waals surface area contributed by atoms with Crippen molar-refractivity contribution in [2.45, 2.75) is 69.1 Å². The number of aliphatic hydroxyl groups excluding tert-OH is 1. The topological polar surface area (TPSA) is 83.9 Å². The van der Waals surface area contributed by atoms with E-state index in [9.17, 15) is 9.90 Å². The van der Waals surface area contributed by atoms with Crippen LogP contribution < -0.4 is 5.32 Å². The van der Waals surface area contributed by atoms with Crippen molar-refractivity contribution in [1.82, 2.24) is 9.88 Å². The van der Waals surface area contributed by atoms with E-state index in [0.717, 1.165) is 73.2 Å². The molecule has 36 heavy (non-hydrogen) atoms. The molecule has 6 rings (SSSR count). The molecule has 0 bridgehead atoms. The maximum absolute atomic E-state index is 12.9. The Balaban J connectivity index is 1.13. The van der Waals surface area contributed by atoms with E-state index in [1.807, 2.05) is 12.1 Å². The molecule has 4 aliphatic rings. The Bertz CT molecular complexity index is 1130. The first-order valence-corrected chi connectivity index (χ1v) is 13.8. The van der Waals surface area contributed by atoms with Crippen molar-refractivity contribution in [1.29, 1.82) is 0 Å². The Morgan fingerprint density at radius 2 is 2.03 bits per heavy atom. The number of anilines is 1. The molecule has 7 nitrogen and oxygen atoms in total. The maximum Gasteiger partial charge on any atom is 0.229 e. The van der Waals surface area contributed by atoms with Gasteiger partial charge in [0.25, 0.3) is 0 Å². The van der Waals surface area contributed by atoms with Crippen molar-refractivity contribution in [2.24, 2.45) is 11.8 Å². The van der Waals surface area contributed by atoms with Gasteiger partial charge in [0.2, 0.25) is 5.91 Å². The average molecular weight is 514 g/mol. The van der Waals surface area contributed by atoms with Gasteiger partial charge in [-0.2, -0.15) is 0 Å². The Kier molecular flexibility index (Phi) is 6.71. The highest BCUT2D eigenvalue weighted by atomic mass is 35.5. The monoisotopic (exact) mass is 513 g/mol. The van der Waals surface area contributed by atoms with E-state index < -0.39 is 6.10 Å². The lowest BCUT2D eigenvalue weighted by atomic mass is 9.85. The number of hydrogen-bond acceptors (Lipinski definition) is 6. The molecule has 3 aliphatic heterocycles. The summed E-state index contributed by atoms with van der Waals surface area (Å²) < 4.78 is 11.4. The van der Waals surface area contributed by atoms with Crippen molar-refractivity contribution in [2.75, 3.05) is 38.2 Å². The third kappa shape index (κ3) is 4.65. The quantitative estimate of drug-likeness (QED) is 0.618. The van der Waals surface area contributed by atoms with Crippen molar-refractivity contribution >= 4 is 34.1 Å². The van der Waals surface area contributed by atoms with E-state index in [4.69, 9.17) is 21.1 Å². The summed E-state index contributed by atoms with van der Waals surface area (Å²) >= 11 is 6.73. The fraction of sp³-hybridized carbons (Fsp3) is 0.643. The minimum absolute atomic E-state index is 0.0298. The van der Waals surface area contributed by atoms with E-state index in [0.29, 0.717) is 30.9 Å². The number of aromatic nitrogens is 1. The van der Waals surface area contributed by atoms with Crippen molar-refractivity contribution in [3.05, 3.63) is 35.0 Å². The van der Waals surface area contributed by atoms with Crippen molar-refractivity contribution in [3.63, 3.8) is 0 Å². The van der Waals surface area contributed by atoms with Gasteiger partial charge in [-0.1, -0.05) is 11.6 Å². The molecule has 0 radical (unpaired) electrons. The van der Waals surface area contributed by atoms with Crippen LogP contribution in [0.1, 0.15) is 56.9 Å². The number of carbonyl (C=O) groups excluding carboxylic acids is 1. The third-order valence-electron chi connectivity index (χ3n) is 9.00. The zero-order valence-electron chi connectivity index (χ0n) is 20.9. The summed E-state index contributed by atoms with van der Waals surface area (Å²) in [6.07, 6.45) is 7.85. The number of nitrogens with zero attached hydrogens (tertiary/aromatic N) is 2. The van der Waals surface area contributed by atoms with Gasteiger partial charge in [0, 0.05) is 29.1 Å². The Morgan fingerprint density at radius 3 is 2.75 bits per heavy atom. The molecule has 2 aromatic rings. The first kappa shape index (κ1) is 24.6. The van der Waals surface area contributed by atoms with E-state index >= 15 is 0 Å². The highest BCUT2D eigenvalue weighted by Crippen LogP contribution is 2.45. The summed E-state index contributed by atoms with van der Waals surface area (Å²) in [6.45, 7) is 5.72. The van der Waals surface area contributed by atoms with Crippen LogP contribution in [0.4, 0.5) is 5.82 Å². The molecule has 0 spiro atoms. The molecule has 4 heterocycles. The highest BCUT2D eigenvalue weighted by Gasteiger charge is 2.48. The molecule has 3 saturated heterocycles. The zero-order chi connectivity index (χ0) is 24.9. The number of aliphatic hydroxyl groups is 1. The molecule has 194 valence electrons. The molecular formula is C28H36ClN3O4. The minimum Gasteiger partial charge on any atom is -0.389 e. The number of amides is 1. The normalized spacial score (nSPS) is 33.6. The van der Waals surface area contributed by atoms with Crippen molar-refractivity contribution in [3.8, 4) is 0 Å². The number of hydrogen-bond donors (Lipinski definition) is 2. The number of benzene rings is 1. The van der Waals surface area contributed by atoms with E-state index in [1.165, 1.54) is 6.42 Å². The van der Waals surface area contributed by atoms with Gasteiger partial charge in [0.1, 0.15) is 5.82 Å². The van der Waals surface area contributed by atoms with Crippen LogP contribution in [0.3, 0.4) is 0 Å². The summed E-state index contributed by atoms with van der Waals surface area (Å²) in [4.78, 5) is 19.7. The molecule has 5 atom stereocenters. The van der Waals surface area contributed by atoms with E-state index in [1.54, 1.807) is 6.20 Å². The molecule has 1 saturated carbocycles. The molecule has 1 aromatic heterocycles. The molecule has 1 unspecified atom stereocenters. The Morgan fingerprint density at radius 1 is 1.19 bits per heavy atom. The number of halogens is 1. The standard InChI is InChI=1S/C28H36ClN3O4/c1-28(16-35-15-25(28)33)32-7-5-17(6-8-32)20-10-18-12-26(30-14-19(18)11-23(20)29)31-27(34)22-13-21(22)24-4-2-3-9-36-24/h10-12,14,17,21-22,24-25,33H,2-9,13,15-16H2,1H3,(H,30,31,34)/t21-,22-,24?,25+,28-/m1/s1. The fourth-order valence-corrected chi connectivity index (χ4v) is 6.80. The summed E-state index contributed by atoms with van der Waals surface area (Å²) in [5, 5.41) is 16.2. The van der Waals surface area contributed by atoms with E-state index in [-0.39, 0.29) is 23.5 Å².